The topological polar surface area (TPSA) is 93.9 Å². The Morgan fingerprint density at radius 3 is 2.61 bits per heavy atom. The average Bonchev–Trinajstić information content (AvgIpc) is 2.55. The molecule has 23 heavy (non-hydrogen) atoms. The third kappa shape index (κ3) is 2.26. The maximum absolute atomic E-state index is 14.2. The van der Waals surface area contributed by atoms with Crippen molar-refractivity contribution in [1.82, 2.24) is 4.90 Å². The van der Waals surface area contributed by atoms with Crippen LogP contribution in [0.4, 0.5) is 4.39 Å². The van der Waals surface area contributed by atoms with Crippen LogP contribution in [0.3, 0.4) is 0 Å². The highest BCUT2D eigenvalue weighted by Gasteiger charge is 2.40. The molecule has 0 bridgehead atoms. The number of fused-ring (bicyclic) bond motifs is 1. The lowest BCUT2D eigenvalue weighted by Gasteiger charge is -2.36. The van der Waals surface area contributed by atoms with Crippen LogP contribution in [0, 0.1) is 28.5 Å². The smallest absolute Gasteiger partial charge is 0.233 e. The number of hydrogen-bond donors (Lipinski definition) is 1. The summed E-state index contributed by atoms with van der Waals surface area (Å²) in [5.74, 6) is -1.17. The summed E-state index contributed by atoms with van der Waals surface area (Å²) in [6.07, 6.45) is 0.274. The van der Waals surface area contributed by atoms with Crippen molar-refractivity contribution in [2.75, 3.05) is 5.75 Å². The van der Waals surface area contributed by atoms with E-state index in [0.717, 1.165) is 0 Å². The number of rotatable bonds is 1. The summed E-state index contributed by atoms with van der Waals surface area (Å²) in [6.45, 7) is 0. The lowest BCUT2D eigenvalue weighted by atomic mass is 9.83. The Morgan fingerprint density at radius 1 is 1.26 bits per heavy atom. The lowest BCUT2D eigenvalue weighted by molar-refractivity contribution is -0.127. The molecule has 2 N–H and O–H groups in total. The number of amides is 1. The summed E-state index contributed by atoms with van der Waals surface area (Å²) in [6, 6.07) is 9.95. The number of nitrogens with zero attached hydrogens (tertiary/aromatic N) is 3. The number of allylic oxidation sites excluding steroid dienone is 2. The van der Waals surface area contributed by atoms with Crippen molar-refractivity contribution in [3.8, 4) is 12.1 Å². The molecule has 114 valence electrons. The molecule has 2 heterocycles. The van der Waals surface area contributed by atoms with Crippen molar-refractivity contribution < 1.29 is 9.18 Å². The molecule has 0 spiro atoms. The molecule has 0 saturated carbocycles. The Kier molecular flexibility index (Phi) is 3.81. The van der Waals surface area contributed by atoms with E-state index < -0.39 is 11.7 Å². The number of hydrogen-bond acceptors (Lipinski definition) is 5. The highest BCUT2D eigenvalue weighted by atomic mass is 32.2. The van der Waals surface area contributed by atoms with E-state index >= 15 is 0 Å². The first-order chi connectivity index (χ1) is 11.1. The van der Waals surface area contributed by atoms with E-state index in [1.807, 2.05) is 12.1 Å². The number of halogens is 1. The molecule has 0 aromatic heterocycles. The van der Waals surface area contributed by atoms with Gasteiger partial charge in [0.2, 0.25) is 5.91 Å². The summed E-state index contributed by atoms with van der Waals surface area (Å²) >= 11 is 1.32. The molecular formula is C16H11FN4OS. The molecule has 0 radical (unpaired) electrons. The van der Waals surface area contributed by atoms with Gasteiger partial charge < -0.3 is 5.73 Å². The van der Waals surface area contributed by atoms with Gasteiger partial charge in [-0.2, -0.15) is 10.5 Å². The van der Waals surface area contributed by atoms with Gasteiger partial charge in [0.1, 0.15) is 11.6 Å². The second-order valence-corrected chi connectivity index (χ2v) is 6.11. The first-order valence-corrected chi connectivity index (χ1v) is 7.83. The third-order valence-corrected chi connectivity index (χ3v) is 4.87. The van der Waals surface area contributed by atoms with Crippen LogP contribution in [0.2, 0.25) is 0 Å². The molecule has 2 aliphatic rings. The first kappa shape index (κ1) is 15.1. The summed E-state index contributed by atoms with van der Waals surface area (Å²) in [7, 11) is 0. The molecule has 1 unspecified atom stereocenters. The van der Waals surface area contributed by atoms with Crippen molar-refractivity contribution in [3.05, 3.63) is 57.6 Å². The minimum Gasteiger partial charge on any atom is -0.384 e. The van der Waals surface area contributed by atoms with Crippen LogP contribution < -0.4 is 5.73 Å². The van der Waals surface area contributed by atoms with E-state index in [1.165, 1.54) is 34.9 Å². The van der Waals surface area contributed by atoms with Crippen LogP contribution in [0.5, 0.6) is 0 Å². The van der Waals surface area contributed by atoms with Crippen LogP contribution in [0.1, 0.15) is 17.9 Å². The number of nitrogens with two attached hydrogens (primary N) is 1. The quantitative estimate of drug-likeness (QED) is 0.854. The molecule has 1 saturated heterocycles. The molecule has 1 aromatic rings. The van der Waals surface area contributed by atoms with Crippen LogP contribution in [-0.2, 0) is 4.79 Å². The Balaban J connectivity index is 2.28. The maximum Gasteiger partial charge on any atom is 0.233 e. The summed E-state index contributed by atoms with van der Waals surface area (Å²) in [4.78, 5) is 13.4. The number of benzene rings is 1. The zero-order valence-electron chi connectivity index (χ0n) is 11.9. The normalized spacial score (nSPS) is 20.9. The van der Waals surface area contributed by atoms with Crippen LogP contribution >= 0.6 is 11.8 Å². The SMILES string of the molecule is N#CC1=C(N)N2C(=O)CCSC2=C(C#N)C1c1ccccc1F. The van der Waals surface area contributed by atoms with Gasteiger partial charge in [-0.05, 0) is 6.07 Å². The highest BCUT2D eigenvalue weighted by molar-refractivity contribution is 8.03. The Morgan fingerprint density at radius 2 is 1.96 bits per heavy atom. The van der Waals surface area contributed by atoms with Crippen molar-refractivity contribution in [1.29, 1.82) is 10.5 Å². The fourth-order valence-electron chi connectivity index (χ4n) is 2.76. The van der Waals surface area contributed by atoms with Crippen LogP contribution in [0.25, 0.3) is 0 Å². The Labute approximate surface area is 136 Å². The molecule has 1 aromatic carbocycles. The van der Waals surface area contributed by atoms with E-state index in [9.17, 15) is 19.7 Å². The minimum absolute atomic E-state index is 0.0197. The number of carbonyl (C=O) groups excluding carboxylic acids is 1. The van der Waals surface area contributed by atoms with Gasteiger partial charge in [0.05, 0.1) is 34.2 Å². The number of nitriles is 2. The fraction of sp³-hybridized carbons (Fsp3) is 0.188. The van der Waals surface area contributed by atoms with Crippen molar-refractivity contribution in [3.63, 3.8) is 0 Å². The number of carbonyl (C=O) groups is 1. The molecule has 7 heteroatoms. The molecule has 1 fully saturated rings. The van der Waals surface area contributed by atoms with Gasteiger partial charge >= 0.3 is 0 Å². The zero-order chi connectivity index (χ0) is 16.6. The number of thioether (sulfide) groups is 1. The van der Waals surface area contributed by atoms with Crippen molar-refractivity contribution in [2.24, 2.45) is 5.73 Å². The largest absolute Gasteiger partial charge is 0.384 e. The van der Waals surface area contributed by atoms with Gasteiger partial charge in [0.15, 0.2) is 0 Å². The van der Waals surface area contributed by atoms with Gasteiger partial charge in [0, 0.05) is 17.7 Å². The molecule has 5 nitrogen and oxygen atoms in total. The maximum atomic E-state index is 14.2. The lowest BCUT2D eigenvalue weighted by Crippen LogP contribution is -2.40. The third-order valence-electron chi connectivity index (χ3n) is 3.79. The van der Waals surface area contributed by atoms with Gasteiger partial charge in [0.25, 0.3) is 0 Å². The second-order valence-electron chi connectivity index (χ2n) is 5.02. The summed E-state index contributed by atoms with van der Waals surface area (Å²) in [5.41, 5.74) is 6.41. The predicted molar refractivity (Wildman–Crippen MR) is 82.5 cm³/mol. The molecule has 1 atom stereocenters. The van der Waals surface area contributed by atoms with E-state index in [4.69, 9.17) is 5.73 Å². The monoisotopic (exact) mass is 326 g/mol. The van der Waals surface area contributed by atoms with Crippen LogP contribution in [0.15, 0.2) is 46.3 Å². The van der Waals surface area contributed by atoms with E-state index in [2.05, 4.69) is 0 Å². The van der Waals surface area contributed by atoms with Gasteiger partial charge in [-0.25, -0.2) is 4.39 Å². The Hall–Kier alpha value is -2.77. The first-order valence-electron chi connectivity index (χ1n) is 6.84. The van der Waals surface area contributed by atoms with Crippen molar-refractivity contribution >= 4 is 17.7 Å². The van der Waals surface area contributed by atoms with E-state index in [0.29, 0.717) is 10.8 Å². The molecule has 0 aliphatic carbocycles. The molecule has 3 rings (SSSR count). The summed E-state index contributed by atoms with van der Waals surface area (Å²) < 4.78 is 14.2. The van der Waals surface area contributed by atoms with E-state index in [-0.39, 0.29) is 34.9 Å². The molecular weight excluding hydrogens is 315 g/mol. The van der Waals surface area contributed by atoms with Gasteiger partial charge in [-0.3, -0.25) is 9.69 Å². The fourth-order valence-corrected chi connectivity index (χ4v) is 3.88. The van der Waals surface area contributed by atoms with Gasteiger partial charge in [-0.1, -0.05) is 18.2 Å². The Bertz CT molecular complexity index is 846. The van der Waals surface area contributed by atoms with Gasteiger partial charge in [-0.15, -0.1) is 11.8 Å². The standard InChI is InChI=1S/C16H11FN4OS/c17-12-4-2-1-3-9(12)14-10(7-18)15(20)21-13(22)5-6-23-16(21)11(14)8-19/h1-4,14H,5-6,20H2. The van der Waals surface area contributed by atoms with E-state index in [1.54, 1.807) is 6.07 Å². The second kappa shape index (κ2) is 5.79. The molecule has 1 amide bonds. The zero-order valence-corrected chi connectivity index (χ0v) is 12.7. The summed E-state index contributed by atoms with van der Waals surface area (Å²) in [5, 5.41) is 19.5. The minimum atomic E-state index is -0.893. The average molecular weight is 326 g/mol. The highest BCUT2D eigenvalue weighted by Crippen LogP contribution is 2.46. The van der Waals surface area contributed by atoms with Crippen molar-refractivity contribution in [2.45, 2.75) is 12.3 Å². The molecule has 2 aliphatic heterocycles. The van der Waals surface area contributed by atoms with Crippen LogP contribution in [-0.4, -0.2) is 16.6 Å². The predicted octanol–water partition coefficient (Wildman–Crippen LogP) is 2.32.